The summed E-state index contributed by atoms with van der Waals surface area (Å²) >= 11 is 0. The normalized spacial score (nSPS) is 12.2. The lowest BCUT2D eigenvalue weighted by Crippen LogP contribution is -2.07. The van der Waals surface area contributed by atoms with Crippen LogP contribution < -0.4 is 5.32 Å². The van der Waals surface area contributed by atoms with E-state index in [1.165, 1.54) is 6.07 Å². The summed E-state index contributed by atoms with van der Waals surface area (Å²) in [6.07, 6.45) is 2.27. The van der Waals surface area contributed by atoms with E-state index >= 15 is 0 Å². The van der Waals surface area contributed by atoms with Gasteiger partial charge in [-0.3, -0.25) is 10.1 Å². The van der Waals surface area contributed by atoms with Crippen molar-refractivity contribution in [2.45, 2.75) is 33.3 Å². The van der Waals surface area contributed by atoms with Gasteiger partial charge in [-0.25, -0.2) is 0 Å². The molecule has 0 bridgehead atoms. The van der Waals surface area contributed by atoms with Gasteiger partial charge in [0, 0.05) is 25.3 Å². The van der Waals surface area contributed by atoms with Crippen LogP contribution in [0.3, 0.4) is 0 Å². The highest BCUT2D eigenvalue weighted by Gasteiger charge is 2.16. The Morgan fingerprint density at radius 2 is 2.21 bits per heavy atom. The second-order valence-corrected chi connectivity index (χ2v) is 4.73. The number of nitro groups is 1. The average molecular weight is 266 g/mol. The molecular weight excluding hydrogens is 244 g/mol. The van der Waals surface area contributed by atoms with Gasteiger partial charge >= 0.3 is 0 Å². The fraction of sp³-hybridized carbons (Fsp3) is 0.571. The highest BCUT2D eigenvalue weighted by Crippen LogP contribution is 2.28. The number of nitrogens with zero attached hydrogens (tertiary/aromatic N) is 1. The van der Waals surface area contributed by atoms with E-state index in [0.717, 1.165) is 18.4 Å². The first-order valence-corrected chi connectivity index (χ1v) is 6.61. The molecule has 0 aliphatic carbocycles. The topological polar surface area (TPSA) is 64.4 Å². The van der Waals surface area contributed by atoms with E-state index in [-0.39, 0.29) is 10.6 Å². The number of hydrogen-bond acceptors (Lipinski definition) is 4. The highest BCUT2D eigenvalue weighted by atomic mass is 16.6. The first kappa shape index (κ1) is 15.4. The highest BCUT2D eigenvalue weighted by molar-refractivity contribution is 5.65. The third-order valence-corrected chi connectivity index (χ3v) is 3.02. The Morgan fingerprint density at radius 3 is 2.79 bits per heavy atom. The van der Waals surface area contributed by atoms with Crippen LogP contribution in [0.2, 0.25) is 0 Å². The Labute approximate surface area is 114 Å². The predicted molar refractivity (Wildman–Crippen MR) is 76.4 cm³/mol. The Hall–Kier alpha value is -1.62. The van der Waals surface area contributed by atoms with Crippen molar-refractivity contribution in [1.82, 2.24) is 0 Å². The van der Waals surface area contributed by atoms with Gasteiger partial charge in [-0.15, -0.1) is 0 Å². The molecule has 1 atom stereocenters. The lowest BCUT2D eigenvalue weighted by Gasteiger charge is -2.13. The molecule has 0 aliphatic heterocycles. The Balaban J connectivity index is 2.68. The maximum atomic E-state index is 10.9. The Morgan fingerprint density at radius 1 is 1.47 bits per heavy atom. The molecule has 0 radical (unpaired) electrons. The average Bonchev–Trinajstić information content (AvgIpc) is 2.38. The maximum absolute atomic E-state index is 10.9. The molecule has 1 aromatic carbocycles. The van der Waals surface area contributed by atoms with E-state index in [1.54, 1.807) is 13.1 Å². The molecule has 0 aromatic heterocycles. The molecule has 0 saturated carbocycles. The van der Waals surface area contributed by atoms with Gasteiger partial charge in [0.1, 0.15) is 5.69 Å². The largest absolute Gasteiger partial charge is 0.382 e. The quantitative estimate of drug-likeness (QED) is 0.577. The molecule has 0 heterocycles. The number of anilines is 1. The van der Waals surface area contributed by atoms with Crippen molar-refractivity contribution in [3.8, 4) is 0 Å². The summed E-state index contributed by atoms with van der Waals surface area (Å²) in [4.78, 5) is 10.5. The van der Waals surface area contributed by atoms with Crippen LogP contribution >= 0.6 is 0 Å². The number of nitro benzene ring substituents is 1. The van der Waals surface area contributed by atoms with Crippen LogP contribution in [0, 0.1) is 16.0 Å². The molecule has 0 spiro atoms. The number of para-hydroxylation sites is 1. The number of hydrogen-bond donors (Lipinski definition) is 1. The van der Waals surface area contributed by atoms with Gasteiger partial charge in [0.05, 0.1) is 11.5 Å². The number of ether oxygens (including phenoxy) is 1. The van der Waals surface area contributed by atoms with E-state index in [9.17, 15) is 10.1 Å². The second kappa shape index (κ2) is 7.74. The van der Waals surface area contributed by atoms with Gasteiger partial charge in [0.2, 0.25) is 0 Å². The second-order valence-electron chi connectivity index (χ2n) is 4.73. The molecule has 1 N–H and O–H groups in total. The lowest BCUT2D eigenvalue weighted by molar-refractivity contribution is -0.384. The summed E-state index contributed by atoms with van der Waals surface area (Å²) in [6, 6.07) is 5.03. The summed E-state index contributed by atoms with van der Waals surface area (Å²) in [5, 5.41) is 13.8. The van der Waals surface area contributed by atoms with Gasteiger partial charge in [0.15, 0.2) is 0 Å². The Kier molecular flexibility index (Phi) is 6.29. The van der Waals surface area contributed by atoms with Gasteiger partial charge in [-0.2, -0.15) is 0 Å². The summed E-state index contributed by atoms with van der Waals surface area (Å²) in [7, 11) is 1.69. The van der Waals surface area contributed by atoms with Gasteiger partial charge in [0.25, 0.3) is 5.69 Å². The van der Waals surface area contributed by atoms with Crippen LogP contribution in [0.15, 0.2) is 18.2 Å². The lowest BCUT2D eigenvalue weighted by atomic mass is 10.1. The van der Waals surface area contributed by atoms with Crippen molar-refractivity contribution in [2.24, 2.45) is 5.92 Å². The van der Waals surface area contributed by atoms with Crippen molar-refractivity contribution in [3.05, 3.63) is 33.9 Å². The van der Waals surface area contributed by atoms with E-state index in [1.807, 2.05) is 6.07 Å². The van der Waals surface area contributed by atoms with Crippen molar-refractivity contribution in [1.29, 1.82) is 0 Å². The summed E-state index contributed by atoms with van der Waals surface area (Å²) in [5.41, 5.74) is 1.45. The van der Waals surface area contributed by atoms with Crippen molar-refractivity contribution < 1.29 is 9.66 Å². The zero-order valence-electron chi connectivity index (χ0n) is 11.8. The minimum Gasteiger partial charge on any atom is -0.382 e. The first-order chi connectivity index (χ1) is 9.10. The minimum atomic E-state index is -0.380. The summed E-state index contributed by atoms with van der Waals surface area (Å²) < 4.78 is 5.65. The van der Waals surface area contributed by atoms with Crippen LogP contribution in [0.5, 0.6) is 0 Å². The summed E-state index contributed by atoms with van der Waals surface area (Å²) in [6.45, 7) is 5.37. The standard InChI is InChI=1S/C14H22N2O3/c1-4-6-11(2)9-19-10-12-7-5-8-13(16(17)18)14(12)15-3/h5,7-8,11,15H,4,6,9-10H2,1-3H3. The van der Waals surface area contributed by atoms with Crippen LogP contribution in [-0.2, 0) is 11.3 Å². The third kappa shape index (κ3) is 4.52. The fourth-order valence-corrected chi connectivity index (χ4v) is 2.09. The van der Waals surface area contributed by atoms with Crippen LogP contribution in [-0.4, -0.2) is 18.6 Å². The molecule has 0 fully saturated rings. The molecule has 106 valence electrons. The zero-order chi connectivity index (χ0) is 14.3. The van der Waals surface area contributed by atoms with E-state index in [2.05, 4.69) is 19.2 Å². The molecule has 5 heteroatoms. The molecule has 0 saturated heterocycles. The van der Waals surface area contributed by atoms with Crippen molar-refractivity contribution in [2.75, 3.05) is 19.0 Å². The van der Waals surface area contributed by atoms with Crippen LogP contribution in [0.1, 0.15) is 32.3 Å². The van der Waals surface area contributed by atoms with Gasteiger partial charge in [-0.1, -0.05) is 32.4 Å². The SMILES string of the molecule is CCCC(C)COCc1cccc([N+](=O)[O-])c1NC. The smallest absolute Gasteiger partial charge is 0.292 e. The molecule has 0 aliphatic rings. The molecule has 5 nitrogen and oxygen atoms in total. The van der Waals surface area contributed by atoms with Crippen molar-refractivity contribution in [3.63, 3.8) is 0 Å². The number of nitrogens with one attached hydrogen (secondary N) is 1. The molecule has 1 unspecified atom stereocenters. The first-order valence-electron chi connectivity index (χ1n) is 6.61. The molecule has 1 rings (SSSR count). The van der Waals surface area contributed by atoms with Crippen LogP contribution in [0.25, 0.3) is 0 Å². The maximum Gasteiger partial charge on any atom is 0.292 e. The molecular formula is C14H22N2O3. The van der Waals surface area contributed by atoms with Gasteiger partial charge < -0.3 is 10.1 Å². The molecule has 0 amide bonds. The fourth-order valence-electron chi connectivity index (χ4n) is 2.09. The molecule has 19 heavy (non-hydrogen) atoms. The number of benzene rings is 1. The molecule has 1 aromatic rings. The van der Waals surface area contributed by atoms with E-state index < -0.39 is 0 Å². The monoisotopic (exact) mass is 266 g/mol. The summed E-state index contributed by atoms with van der Waals surface area (Å²) in [5.74, 6) is 0.515. The van der Waals surface area contributed by atoms with E-state index in [0.29, 0.717) is 24.8 Å². The zero-order valence-corrected chi connectivity index (χ0v) is 11.8. The van der Waals surface area contributed by atoms with Crippen molar-refractivity contribution >= 4 is 11.4 Å². The Bertz CT molecular complexity index is 421. The predicted octanol–water partition coefficient (Wildman–Crippen LogP) is 3.59. The number of rotatable bonds is 8. The van der Waals surface area contributed by atoms with Crippen LogP contribution in [0.4, 0.5) is 11.4 Å². The van der Waals surface area contributed by atoms with E-state index in [4.69, 9.17) is 4.74 Å². The minimum absolute atomic E-state index is 0.0882. The van der Waals surface area contributed by atoms with Gasteiger partial charge in [-0.05, 0) is 12.3 Å². The third-order valence-electron chi connectivity index (χ3n) is 3.02.